The predicted molar refractivity (Wildman–Crippen MR) is 105 cm³/mol. The highest BCUT2D eigenvalue weighted by Crippen LogP contribution is 2.22. The van der Waals surface area contributed by atoms with Gasteiger partial charge in [-0.1, -0.05) is 30.3 Å². The largest absolute Gasteiger partial charge is 0.307 e. The van der Waals surface area contributed by atoms with Crippen molar-refractivity contribution in [2.75, 3.05) is 16.7 Å². The number of hydrogen-bond donors (Lipinski definition) is 1. The molecule has 0 aliphatic rings. The molecule has 0 atom stereocenters. The molecule has 0 aliphatic heterocycles. The highest BCUT2D eigenvalue weighted by molar-refractivity contribution is 7.92. The number of rotatable bonds is 5. The van der Waals surface area contributed by atoms with E-state index in [1.54, 1.807) is 48.7 Å². The number of pyridine rings is 1. The van der Waals surface area contributed by atoms with E-state index in [1.807, 2.05) is 19.1 Å². The molecule has 0 spiro atoms. The molecule has 27 heavy (non-hydrogen) atoms. The average Bonchev–Trinajstić information content (AvgIpc) is 2.70. The molecule has 0 unspecified atom stereocenters. The molecule has 138 valence electrons. The van der Waals surface area contributed by atoms with Gasteiger partial charge in [0.05, 0.1) is 10.6 Å². The van der Waals surface area contributed by atoms with Crippen LogP contribution in [-0.4, -0.2) is 26.4 Å². The first kappa shape index (κ1) is 18.6. The highest BCUT2D eigenvalue weighted by Gasteiger charge is 2.22. The summed E-state index contributed by atoms with van der Waals surface area (Å²) in [5.41, 5.74) is 1.75. The van der Waals surface area contributed by atoms with Crippen LogP contribution >= 0.6 is 0 Å². The van der Waals surface area contributed by atoms with Gasteiger partial charge in [0.2, 0.25) is 0 Å². The second kappa shape index (κ2) is 7.59. The van der Waals surface area contributed by atoms with Crippen molar-refractivity contribution in [2.24, 2.45) is 0 Å². The van der Waals surface area contributed by atoms with Crippen LogP contribution in [0.25, 0.3) is 0 Å². The Balaban J connectivity index is 1.86. The number of aryl methyl sites for hydroxylation is 1. The lowest BCUT2D eigenvalue weighted by Crippen LogP contribution is -2.26. The maximum absolute atomic E-state index is 12.9. The molecule has 7 heteroatoms. The maximum atomic E-state index is 12.9. The van der Waals surface area contributed by atoms with Crippen molar-refractivity contribution in [1.29, 1.82) is 0 Å². The Hall–Kier alpha value is -3.19. The van der Waals surface area contributed by atoms with Gasteiger partial charge in [-0.05, 0) is 48.9 Å². The zero-order valence-corrected chi connectivity index (χ0v) is 15.8. The van der Waals surface area contributed by atoms with Gasteiger partial charge in [-0.3, -0.25) is 9.10 Å². The van der Waals surface area contributed by atoms with Crippen molar-refractivity contribution in [3.8, 4) is 0 Å². The molecule has 1 aromatic heterocycles. The van der Waals surface area contributed by atoms with Crippen LogP contribution in [0.3, 0.4) is 0 Å². The van der Waals surface area contributed by atoms with Crippen molar-refractivity contribution < 1.29 is 13.2 Å². The van der Waals surface area contributed by atoms with Gasteiger partial charge in [-0.25, -0.2) is 13.4 Å². The van der Waals surface area contributed by atoms with E-state index < -0.39 is 15.9 Å². The maximum Gasteiger partial charge on any atom is 0.264 e. The van der Waals surface area contributed by atoms with Crippen molar-refractivity contribution in [1.82, 2.24) is 4.98 Å². The number of sulfonamides is 1. The normalized spacial score (nSPS) is 11.0. The fourth-order valence-corrected chi connectivity index (χ4v) is 3.70. The topological polar surface area (TPSA) is 79.4 Å². The van der Waals surface area contributed by atoms with E-state index in [4.69, 9.17) is 0 Å². The van der Waals surface area contributed by atoms with Crippen LogP contribution in [0.5, 0.6) is 0 Å². The Morgan fingerprint density at radius 3 is 2.41 bits per heavy atom. The van der Waals surface area contributed by atoms with E-state index in [-0.39, 0.29) is 10.5 Å². The second-order valence-corrected chi connectivity index (χ2v) is 7.98. The molecule has 0 fully saturated rings. The summed E-state index contributed by atoms with van der Waals surface area (Å²) in [5.74, 6) is -0.0222. The number of para-hydroxylation sites is 1. The number of hydrogen-bond acceptors (Lipinski definition) is 4. The van der Waals surface area contributed by atoms with Crippen LogP contribution in [-0.2, 0) is 10.0 Å². The van der Waals surface area contributed by atoms with Crippen LogP contribution in [0.1, 0.15) is 15.9 Å². The molecule has 2 aromatic carbocycles. The molecule has 3 rings (SSSR count). The quantitative estimate of drug-likeness (QED) is 0.734. The zero-order chi connectivity index (χ0) is 19.4. The molecule has 0 saturated heterocycles. The molecule has 0 bridgehead atoms. The Labute approximate surface area is 158 Å². The second-order valence-electron chi connectivity index (χ2n) is 6.01. The Bertz CT molecular complexity index is 1050. The number of aromatic nitrogens is 1. The molecule has 0 aliphatic carbocycles. The Morgan fingerprint density at radius 1 is 1.00 bits per heavy atom. The summed E-state index contributed by atoms with van der Waals surface area (Å²) >= 11 is 0. The summed E-state index contributed by atoms with van der Waals surface area (Å²) in [6.07, 6.45) is 1.64. The first-order chi connectivity index (χ1) is 12.9. The van der Waals surface area contributed by atoms with Gasteiger partial charge in [-0.15, -0.1) is 0 Å². The number of carbonyl (C=O) groups is 1. The molecule has 6 nitrogen and oxygen atoms in total. The smallest absolute Gasteiger partial charge is 0.264 e. The standard InChI is InChI=1S/C20H19N3O3S/c1-15-11-12-19(21-14-15)22-20(24)16-7-6-10-18(13-16)27(25,26)23(2)17-8-4-3-5-9-17/h3-14H,1-2H3,(H,21,22,24). The number of nitrogens with zero attached hydrogens (tertiary/aromatic N) is 2. The van der Waals surface area contributed by atoms with E-state index in [1.165, 1.54) is 23.5 Å². The Kier molecular flexibility index (Phi) is 5.23. The predicted octanol–water partition coefficient (Wildman–Crippen LogP) is 3.47. The van der Waals surface area contributed by atoms with Gasteiger partial charge in [0.1, 0.15) is 5.82 Å². The van der Waals surface area contributed by atoms with E-state index >= 15 is 0 Å². The molecule has 1 N–H and O–H groups in total. The third-order valence-electron chi connectivity index (χ3n) is 4.03. The van der Waals surface area contributed by atoms with Crippen molar-refractivity contribution in [3.05, 3.63) is 84.1 Å². The average molecular weight is 381 g/mol. The lowest BCUT2D eigenvalue weighted by molar-refractivity contribution is 0.102. The summed E-state index contributed by atoms with van der Waals surface area (Å²) in [4.78, 5) is 16.6. The zero-order valence-electron chi connectivity index (χ0n) is 15.0. The summed E-state index contributed by atoms with van der Waals surface area (Å²) in [6, 6.07) is 18.2. The lowest BCUT2D eigenvalue weighted by atomic mass is 10.2. The lowest BCUT2D eigenvalue weighted by Gasteiger charge is -2.19. The highest BCUT2D eigenvalue weighted by atomic mass is 32.2. The van der Waals surface area contributed by atoms with Gasteiger partial charge in [0.25, 0.3) is 15.9 Å². The van der Waals surface area contributed by atoms with Gasteiger partial charge in [0.15, 0.2) is 0 Å². The summed E-state index contributed by atoms with van der Waals surface area (Å²) in [7, 11) is -2.31. The fraction of sp³-hybridized carbons (Fsp3) is 0.100. The van der Waals surface area contributed by atoms with Crippen LogP contribution in [0.2, 0.25) is 0 Å². The minimum atomic E-state index is -3.79. The third kappa shape index (κ3) is 4.15. The summed E-state index contributed by atoms with van der Waals surface area (Å²) in [5, 5.41) is 2.67. The molecular weight excluding hydrogens is 362 g/mol. The van der Waals surface area contributed by atoms with Crippen LogP contribution in [0.15, 0.2) is 77.8 Å². The molecule has 3 aromatic rings. The van der Waals surface area contributed by atoms with E-state index in [0.717, 1.165) is 5.56 Å². The van der Waals surface area contributed by atoms with Crippen molar-refractivity contribution in [2.45, 2.75) is 11.8 Å². The monoisotopic (exact) mass is 381 g/mol. The molecule has 0 saturated carbocycles. The van der Waals surface area contributed by atoms with Gasteiger partial charge < -0.3 is 5.32 Å². The first-order valence-electron chi connectivity index (χ1n) is 8.26. The SMILES string of the molecule is Cc1ccc(NC(=O)c2cccc(S(=O)(=O)N(C)c3ccccc3)c2)nc1. The molecule has 0 radical (unpaired) electrons. The van der Waals surface area contributed by atoms with E-state index in [0.29, 0.717) is 11.5 Å². The summed E-state index contributed by atoms with van der Waals surface area (Å²) < 4.78 is 27.0. The van der Waals surface area contributed by atoms with Crippen molar-refractivity contribution in [3.63, 3.8) is 0 Å². The molecular formula is C20H19N3O3S. The summed E-state index contributed by atoms with van der Waals surface area (Å²) in [6.45, 7) is 1.90. The van der Waals surface area contributed by atoms with Crippen LogP contribution in [0.4, 0.5) is 11.5 Å². The number of nitrogens with one attached hydrogen (secondary N) is 1. The van der Waals surface area contributed by atoms with Crippen LogP contribution < -0.4 is 9.62 Å². The van der Waals surface area contributed by atoms with E-state index in [9.17, 15) is 13.2 Å². The van der Waals surface area contributed by atoms with Gasteiger partial charge in [0, 0.05) is 18.8 Å². The number of benzene rings is 2. The number of carbonyl (C=O) groups excluding carboxylic acids is 1. The van der Waals surface area contributed by atoms with Crippen molar-refractivity contribution >= 4 is 27.4 Å². The minimum absolute atomic E-state index is 0.0402. The number of amides is 1. The van der Waals surface area contributed by atoms with E-state index in [2.05, 4.69) is 10.3 Å². The molecule has 1 amide bonds. The van der Waals surface area contributed by atoms with Crippen LogP contribution in [0, 0.1) is 6.92 Å². The minimum Gasteiger partial charge on any atom is -0.307 e. The fourth-order valence-electron chi connectivity index (χ4n) is 2.46. The first-order valence-corrected chi connectivity index (χ1v) is 9.70. The third-order valence-corrected chi connectivity index (χ3v) is 5.81. The van der Waals surface area contributed by atoms with Gasteiger partial charge in [-0.2, -0.15) is 0 Å². The number of anilines is 2. The van der Waals surface area contributed by atoms with Gasteiger partial charge >= 0.3 is 0 Å². The Morgan fingerprint density at radius 2 is 1.74 bits per heavy atom. The molecule has 1 heterocycles.